The van der Waals surface area contributed by atoms with Crippen molar-refractivity contribution in [2.24, 2.45) is 0 Å². The molecule has 0 spiro atoms. The lowest BCUT2D eigenvalue weighted by molar-refractivity contribution is -0.137. The second-order valence-corrected chi connectivity index (χ2v) is 13.0. The Morgan fingerprint density at radius 2 is 1.67 bits per heavy atom. The normalized spacial score (nSPS) is 12.3. The van der Waals surface area contributed by atoms with Crippen molar-refractivity contribution >= 4 is 38.8 Å². The molecule has 0 atom stereocenters. The van der Waals surface area contributed by atoms with Crippen molar-refractivity contribution in [3.63, 3.8) is 0 Å². The van der Waals surface area contributed by atoms with Crippen LogP contribution in [0.2, 0.25) is 0 Å². The molecule has 0 aliphatic rings. The monoisotopic (exact) mass is 638 g/mol. The number of hydrogen-bond donors (Lipinski definition) is 2. The Bertz CT molecular complexity index is 2020. The van der Waals surface area contributed by atoms with E-state index in [1.165, 1.54) is 42.9 Å². The van der Waals surface area contributed by atoms with Crippen LogP contribution >= 0.6 is 0 Å². The highest BCUT2D eigenvalue weighted by atomic mass is 32.2. The zero-order valence-electron chi connectivity index (χ0n) is 24.9. The highest BCUT2D eigenvalue weighted by Gasteiger charge is 2.32. The fraction of sp³-hybridized carbons (Fsp3) is 0.226. The van der Waals surface area contributed by atoms with E-state index in [0.29, 0.717) is 16.6 Å². The van der Waals surface area contributed by atoms with Gasteiger partial charge in [-0.3, -0.25) is 5.32 Å². The van der Waals surface area contributed by atoms with Gasteiger partial charge in [0.15, 0.2) is 5.65 Å². The molecule has 3 aromatic heterocycles. The number of ether oxygens (including phenoxy) is 1. The Hall–Kier alpha value is -4.98. The van der Waals surface area contributed by atoms with Gasteiger partial charge in [0.05, 0.1) is 16.2 Å². The molecule has 0 fully saturated rings. The Morgan fingerprint density at radius 3 is 2.31 bits per heavy atom. The van der Waals surface area contributed by atoms with Crippen LogP contribution in [0.1, 0.15) is 31.9 Å². The molecule has 14 heteroatoms. The number of rotatable bonds is 6. The quantitative estimate of drug-likeness (QED) is 0.201. The number of halogens is 3. The Morgan fingerprint density at radius 1 is 0.956 bits per heavy atom. The van der Waals surface area contributed by atoms with Crippen LogP contribution in [-0.2, 0) is 20.9 Å². The number of benzene rings is 2. The molecule has 5 rings (SSSR count). The summed E-state index contributed by atoms with van der Waals surface area (Å²) in [6.07, 6.45) is -1.52. The van der Waals surface area contributed by atoms with Crippen LogP contribution in [0.25, 0.3) is 33.4 Å². The number of carbonyl (C=O) groups is 1. The largest absolute Gasteiger partial charge is 0.444 e. The molecule has 10 nitrogen and oxygen atoms in total. The van der Waals surface area contributed by atoms with Gasteiger partial charge in [-0.05, 0) is 75.7 Å². The summed E-state index contributed by atoms with van der Waals surface area (Å²) in [5.41, 5.74) is -0.112. The van der Waals surface area contributed by atoms with Crippen molar-refractivity contribution in [2.45, 2.75) is 44.4 Å². The summed E-state index contributed by atoms with van der Waals surface area (Å²) in [4.78, 5) is 25.4. The smallest absolute Gasteiger partial charge is 0.416 e. The number of nitrogens with one attached hydrogen (secondary N) is 2. The Labute approximate surface area is 257 Å². The summed E-state index contributed by atoms with van der Waals surface area (Å²) in [5, 5.41) is 5.51. The number of fused-ring (bicyclic) bond motifs is 1. The van der Waals surface area contributed by atoms with E-state index in [4.69, 9.17) is 4.74 Å². The summed E-state index contributed by atoms with van der Waals surface area (Å²) in [5.74, 6) is 0.273. The van der Waals surface area contributed by atoms with Crippen LogP contribution in [0.15, 0.2) is 78.1 Å². The Balaban J connectivity index is 1.71. The molecule has 0 aliphatic heterocycles. The van der Waals surface area contributed by atoms with Gasteiger partial charge in [-0.15, -0.1) is 0 Å². The Kier molecular flexibility index (Phi) is 8.04. The molecule has 2 aromatic carbocycles. The molecule has 0 unspecified atom stereocenters. The first-order valence-electron chi connectivity index (χ1n) is 13.6. The van der Waals surface area contributed by atoms with Crippen LogP contribution < -0.4 is 10.6 Å². The molecule has 2 N–H and O–H groups in total. The topological polar surface area (TPSA) is 128 Å². The van der Waals surface area contributed by atoms with Gasteiger partial charge in [-0.25, -0.2) is 32.1 Å². The predicted octanol–water partition coefficient (Wildman–Crippen LogP) is 7.11. The average Bonchev–Trinajstić information content (AvgIpc) is 3.35. The second-order valence-electron chi connectivity index (χ2n) is 11.2. The van der Waals surface area contributed by atoms with Gasteiger partial charge in [0, 0.05) is 47.8 Å². The van der Waals surface area contributed by atoms with Gasteiger partial charge in [0.1, 0.15) is 5.60 Å². The van der Waals surface area contributed by atoms with Gasteiger partial charge in [-0.1, -0.05) is 17.7 Å². The van der Waals surface area contributed by atoms with Crippen LogP contribution in [0.4, 0.5) is 29.6 Å². The lowest BCUT2D eigenvalue weighted by atomic mass is 10.0. The number of aromatic nitrogens is 4. The van der Waals surface area contributed by atoms with Crippen LogP contribution in [0.5, 0.6) is 0 Å². The van der Waals surface area contributed by atoms with Crippen molar-refractivity contribution in [1.29, 1.82) is 0 Å². The highest BCUT2D eigenvalue weighted by molar-refractivity contribution is 7.90. The SMILES string of the molecule is CNc1nccc(-c2cn(S(=O)(=O)c3ccc(C)cc3)c3ncc(-c4cc(NC(=O)OC(C)(C)C)cc(C(F)(F)F)c4)cc23)n1. The molecule has 0 saturated heterocycles. The zero-order chi connectivity index (χ0) is 32.7. The maximum absolute atomic E-state index is 14.0. The third kappa shape index (κ3) is 6.75. The zero-order valence-corrected chi connectivity index (χ0v) is 25.7. The van der Waals surface area contributed by atoms with E-state index in [2.05, 4.69) is 25.6 Å². The van der Waals surface area contributed by atoms with Gasteiger partial charge in [0.2, 0.25) is 5.95 Å². The minimum absolute atomic E-state index is 0.0248. The van der Waals surface area contributed by atoms with Gasteiger partial charge in [0.25, 0.3) is 10.0 Å². The maximum atomic E-state index is 14.0. The molecule has 3 heterocycles. The first kappa shape index (κ1) is 31.4. The minimum atomic E-state index is -4.74. The van der Waals surface area contributed by atoms with Gasteiger partial charge < -0.3 is 10.1 Å². The van der Waals surface area contributed by atoms with Crippen LogP contribution in [-0.4, -0.2) is 46.1 Å². The van der Waals surface area contributed by atoms with E-state index >= 15 is 0 Å². The van der Waals surface area contributed by atoms with Crippen molar-refractivity contribution < 1.29 is 31.1 Å². The van der Waals surface area contributed by atoms with Crippen LogP contribution in [0.3, 0.4) is 0 Å². The maximum Gasteiger partial charge on any atom is 0.416 e. The van der Waals surface area contributed by atoms with Gasteiger partial charge in [-0.2, -0.15) is 13.2 Å². The fourth-order valence-corrected chi connectivity index (χ4v) is 5.85. The number of nitrogens with zero attached hydrogens (tertiary/aromatic N) is 4. The molecule has 234 valence electrons. The van der Waals surface area contributed by atoms with Crippen LogP contribution in [0, 0.1) is 6.92 Å². The minimum Gasteiger partial charge on any atom is -0.444 e. The predicted molar refractivity (Wildman–Crippen MR) is 164 cm³/mol. The molecule has 45 heavy (non-hydrogen) atoms. The van der Waals surface area contributed by atoms with E-state index in [9.17, 15) is 26.4 Å². The number of pyridine rings is 1. The molecule has 5 aromatic rings. The van der Waals surface area contributed by atoms with E-state index in [1.807, 2.05) is 6.92 Å². The van der Waals surface area contributed by atoms with E-state index in [-0.39, 0.29) is 33.3 Å². The first-order chi connectivity index (χ1) is 21.0. The standard InChI is InChI=1S/C31H29F3N6O4S/c1-18-6-8-23(9-7-18)45(42,43)40-17-25(26-10-11-36-28(35-5)39-26)24-14-20(16-37-27(24)40)19-12-21(31(32,33)34)15-22(13-19)38-29(41)44-30(2,3)4/h6-17H,1-5H3,(H,38,41)(H,35,36,39). The fourth-order valence-electron chi connectivity index (χ4n) is 4.53. The third-order valence-electron chi connectivity index (χ3n) is 6.58. The van der Waals surface area contributed by atoms with Crippen molar-refractivity contribution in [1.82, 2.24) is 18.9 Å². The lowest BCUT2D eigenvalue weighted by Gasteiger charge is -2.20. The number of carbonyl (C=O) groups excluding carboxylic acids is 1. The van der Waals surface area contributed by atoms with Crippen molar-refractivity contribution in [3.05, 3.63) is 84.3 Å². The average molecular weight is 639 g/mol. The van der Waals surface area contributed by atoms with Gasteiger partial charge >= 0.3 is 12.3 Å². The molecule has 0 bridgehead atoms. The number of aryl methyl sites for hydroxylation is 1. The molecule has 0 radical (unpaired) electrons. The summed E-state index contributed by atoms with van der Waals surface area (Å²) in [6, 6.07) is 12.5. The summed E-state index contributed by atoms with van der Waals surface area (Å²) in [6.45, 7) is 6.72. The summed E-state index contributed by atoms with van der Waals surface area (Å²) < 4.78 is 75.7. The second kappa shape index (κ2) is 11.5. The lowest BCUT2D eigenvalue weighted by Crippen LogP contribution is -2.27. The number of alkyl halides is 3. The summed E-state index contributed by atoms with van der Waals surface area (Å²) >= 11 is 0. The molecule has 0 saturated carbocycles. The molecular weight excluding hydrogens is 609 g/mol. The van der Waals surface area contributed by atoms with E-state index in [0.717, 1.165) is 21.7 Å². The number of amides is 1. The number of anilines is 2. The first-order valence-corrected chi connectivity index (χ1v) is 15.1. The molecule has 1 amide bonds. The van der Waals surface area contributed by atoms with E-state index in [1.54, 1.807) is 46.0 Å². The summed E-state index contributed by atoms with van der Waals surface area (Å²) in [7, 11) is -2.51. The van der Waals surface area contributed by atoms with E-state index < -0.39 is 33.5 Å². The van der Waals surface area contributed by atoms with Crippen molar-refractivity contribution in [2.75, 3.05) is 17.7 Å². The van der Waals surface area contributed by atoms with Crippen molar-refractivity contribution in [3.8, 4) is 22.4 Å². The molecule has 0 aliphatic carbocycles. The number of hydrogen-bond acceptors (Lipinski definition) is 8. The third-order valence-corrected chi connectivity index (χ3v) is 8.25. The molecular formula is C31H29F3N6O4S. The highest BCUT2D eigenvalue weighted by Crippen LogP contribution is 2.38.